The topological polar surface area (TPSA) is 61.7 Å². The molecular formula is C15H27N5. The standard InChI is InChI=1S/C15H27N5/c1-5-8-9-12(6-2)10-19-14-13(17-15(19)16)11(4)18-20(14)7-3/h12H,5-10H2,1-4H3,(H2,16,17). The number of hydrogen-bond donors (Lipinski definition) is 1. The van der Waals surface area contributed by atoms with Crippen molar-refractivity contribution in [1.29, 1.82) is 0 Å². The van der Waals surface area contributed by atoms with Crippen LogP contribution in [0.3, 0.4) is 0 Å². The van der Waals surface area contributed by atoms with Gasteiger partial charge in [-0.2, -0.15) is 5.10 Å². The summed E-state index contributed by atoms with van der Waals surface area (Å²) in [7, 11) is 0. The second-order valence-corrected chi connectivity index (χ2v) is 5.57. The van der Waals surface area contributed by atoms with E-state index < -0.39 is 0 Å². The van der Waals surface area contributed by atoms with E-state index in [0.717, 1.165) is 29.9 Å². The maximum absolute atomic E-state index is 6.13. The first kappa shape index (κ1) is 14.9. The normalized spacial score (nSPS) is 13.2. The van der Waals surface area contributed by atoms with E-state index in [0.29, 0.717) is 11.9 Å². The SMILES string of the molecule is CCCCC(CC)Cn1c(N)nc2c(C)nn(CC)c21. The summed E-state index contributed by atoms with van der Waals surface area (Å²) in [5.41, 5.74) is 9.13. The lowest BCUT2D eigenvalue weighted by Crippen LogP contribution is -2.14. The molecule has 0 saturated heterocycles. The number of rotatable bonds is 7. The molecule has 0 bridgehead atoms. The highest BCUT2D eigenvalue weighted by molar-refractivity contribution is 5.77. The molecule has 2 N–H and O–H groups in total. The van der Waals surface area contributed by atoms with Gasteiger partial charge in [-0.05, 0) is 26.2 Å². The van der Waals surface area contributed by atoms with Gasteiger partial charge in [-0.1, -0.05) is 33.1 Å². The predicted molar refractivity (Wildman–Crippen MR) is 83.6 cm³/mol. The Morgan fingerprint density at radius 3 is 2.60 bits per heavy atom. The summed E-state index contributed by atoms with van der Waals surface area (Å²) in [5, 5.41) is 4.54. The van der Waals surface area contributed by atoms with E-state index in [2.05, 4.69) is 35.4 Å². The Bertz CT molecular complexity index is 566. The highest BCUT2D eigenvalue weighted by Crippen LogP contribution is 2.24. The van der Waals surface area contributed by atoms with Crippen molar-refractivity contribution in [3.63, 3.8) is 0 Å². The van der Waals surface area contributed by atoms with Crippen LogP contribution in [0.4, 0.5) is 5.95 Å². The molecule has 0 radical (unpaired) electrons. The van der Waals surface area contributed by atoms with E-state index in [1.54, 1.807) is 0 Å². The van der Waals surface area contributed by atoms with Gasteiger partial charge in [0.25, 0.3) is 0 Å². The number of nitrogens with zero attached hydrogens (tertiary/aromatic N) is 4. The zero-order valence-corrected chi connectivity index (χ0v) is 13.2. The van der Waals surface area contributed by atoms with E-state index >= 15 is 0 Å². The van der Waals surface area contributed by atoms with Gasteiger partial charge in [0, 0.05) is 13.1 Å². The highest BCUT2D eigenvalue weighted by Gasteiger charge is 2.18. The van der Waals surface area contributed by atoms with Gasteiger partial charge >= 0.3 is 0 Å². The van der Waals surface area contributed by atoms with Crippen molar-refractivity contribution in [2.45, 2.75) is 66.5 Å². The van der Waals surface area contributed by atoms with E-state index in [1.165, 1.54) is 25.7 Å². The van der Waals surface area contributed by atoms with Crippen LogP contribution in [-0.2, 0) is 13.1 Å². The number of hydrogen-bond acceptors (Lipinski definition) is 3. The fraction of sp³-hybridized carbons (Fsp3) is 0.733. The van der Waals surface area contributed by atoms with Crippen molar-refractivity contribution in [1.82, 2.24) is 19.3 Å². The third-order valence-corrected chi connectivity index (χ3v) is 4.11. The van der Waals surface area contributed by atoms with Crippen LogP contribution in [0.25, 0.3) is 11.2 Å². The van der Waals surface area contributed by atoms with Crippen LogP contribution in [0.1, 0.15) is 52.1 Å². The van der Waals surface area contributed by atoms with Crippen LogP contribution in [0, 0.1) is 12.8 Å². The number of nitrogen functional groups attached to an aromatic ring is 1. The molecule has 0 spiro atoms. The Morgan fingerprint density at radius 2 is 2.00 bits per heavy atom. The average molecular weight is 277 g/mol. The van der Waals surface area contributed by atoms with E-state index in [1.807, 2.05) is 11.6 Å². The molecule has 2 aromatic heterocycles. The van der Waals surface area contributed by atoms with Gasteiger partial charge < -0.3 is 5.73 Å². The molecule has 2 rings (SSSR count). The molecule has 1 atom stereocenters. The second kappa shape index (κ2) is 6.29. The van der Waals surface area contributed by atoms with Gasteiger partial charge in [-0.3, -0.25) is 4.57 Å². The van der Waals surface area contributed by atoms with Crippen molar-refractivity contribution in [2.75, 3.05) is 5.73 Å². The molecule has 1 unspecified atom stereocenters. The van der Waals surface area contributed by atoms with Crippen molar-refractivity contribution in [2.24, 2.45) is 5.92 Å². The quantitative estimate of drug-likeness (QED) is 0.844. The number of fused-ring (bicyclic) bond motifs is 1. The lowest BCUT2D eigenvalue weighted by molar-refractivity contribution is 0.394. The summed E-state index contributed by atoms with van der Waals surface area (Å²) in [5.74, 6) is 1.29. The molecule has 20 heavy (non-hydrogen) atoms. The summed E-state index contributed by atoms with van der Waals surface area (Å²) in [6.45, 7) is 10.4. The van der Waals surface area contributed by atoms with Gasteiger partial charge in [0.1, 0.15) is 5.52 Å². The van der Waals surface area contributed by atoms with Gasteiger partial charge in [0.05, 0.1) is 5.69 Å². The largest absolute Gasteiger partial charge is 0.369 e. The van der Waals surface area contributed by atoms with Gasteiger partial charge in [-0.15, -0.1) is 0 Å². The summed E-state index contributed by atoms with van der Waals surface area (Å²) >= 11 is 0. The Balaban J connectivity index is 2.35. The number of aryl methyl sites for hydroxylation is 2. The summed E-state index contributed by atoms with van der Waals surface area (Å²) < 4.78 is 4.17. The molecule has 0 aliphatic carbocycles. The molecule has 2 aromatic rings. The second-order valence-electron chi connectivity index (χ2n) is 5.57. The number of aromatic nitrogens is 4. The first-order valence-electron chi connectivity index (χ1n) is 7.81. The molecule has 0 aliphatic heterocycles. The Morgan fingerprint density at radius 1 is 1.25 bits per heavy atom. The lowest BCUT2D eigenvalue weighted by Gasteiger charge is -2.17. The van der Waals surface area contributed by atoms with Crippen molar-refractivity contribution < 1.29 is 0 Å². The smallest absolute Gasteiger partial charge is 0.202 e. The minimum Gasteiger partial charge on any atom is -0.369 e. The molecule has 5 nitrogen and oxygen atoms in total. The van der Waals surface area contributed by atoms with Crippen molar-refractivity contribution >= 4 is 17.1 Å². The maximum atomic E-state index is 6.13. The number of nitrogens with two attached hydrogens (primary N) is 1. The Kier molecular flexibility index (Phi) is 4.68. The molecule has 0 fully saturated rings. The number of unbranched alkanes of at least 4 members (excludes halogenated alkanes) is 1. The summed E-state index contributed by atoms with van der Waals surface area (Å²) in [6.07, 6.45) is 4.96. The number of anilines is 1. The zero-order valence-electron chi connectivity index (χ0n) is 13.2. The first-order valence-corrected chi connectivity index (χ1v) is 7.81. The van der Waals surface area contributed by atoms with E-state index in [4.69, 9.17) is 5.73 Å². The highest BCUT2D eigenvalue weighted by atomic mass is 15.4. The van der Waals surface area contributed by atoms with Crippen LogP contribution in [-0.4, -0.2) is 19.3 Å². The Hall–Kier alpha value is -1.52. The van der Waals surface area contributed by atoms with Crippen LogP contribution < -0.4 is 5.73 Å². The molecule has 0 saturated carbocycles. The van der Waals surface area contributed by atoms with Gasteiger partial charge in [0.2, 0.25) is 5.95 Å². The molecule has 112 valence electrons. The van der Waals surface area contributed by atoms with Gasteiger partial charge in [-0.25, -0.2) is 9.67 Å². The fourth-order valence-corrected chi connectivity index (χ4v) is 2.82. The molecule has 5 heteroatoms. The lowest BCUT2D eigenvalue weighted by atomic mass is 9.99. The zero-order chi connectivity index (χ0) is 14.7. The third-order valence-electron chi connectivity index (χ3n) is 4.11. The average Bonchev–Trinajstić information content (AvgIpc) is 2.92. The number of imidazole rings is 1. The molecule has 0 aromatic carbocycles. The summed E-state index contributed by atoms with van der Waals surface area (Å²) in [6, 6.07) is 0. The fourth-order valence-electron chi connectivity index (χ4n) is 2.82. The van der Waals surface area contributed by atoms with Crippen LogP contribution in [0.2, 0.25) is 0 Å². The third kappa shape index (κ3) is 2.67. The maximum Gasteiger partial charge on any atom is 0.202 e. The molecule has 0 aliphatic rings. The van der Waals surface area contributed by atoms with E-state index in [9.17, 15) is 0 Å². The molecular weight excluding hydrogens is 250 g/mol. The minimum absolute atomic E-state index is 0.623. The summed E-state index contributed by atoms with van der Waals surface area (Å²) in [4.78, 5) is 4.51. The molecule has 0 amide bonds. The van der Waals surface area contributed by atoms with Crippen LogP contribution >= 0.6 is 0 Å². The molecule has 2 heterocycles. The predicted octanol–water partition coefficient (Wildman–Crippen LogP) is 3.36. The minimum atomic E-state index is 0.623. The van der Waals surface area contributed by atoms with Crippen molar-refractivity contribution in [3.05, 3.63) is 5.69 Å². The Labute approximate surface area is 121 Å². The van der Waals surface area contributed by atoms with Crippen LogP contribution in [0.15, 0.2) is 0 Å². The van der Waals surface area contributed by atoms with Crippen LogP contribution in [0.5, 0.6) is 0 Å². The first-order chi connectivity index (χ1) is 9.62. The van der Waals surface area contributed by atoms with E-state index in [-0.39, 0.29) is 0 Å². The van der Waals surface area contributed by atoms with Crippen molar-refractivity contribution in [3.8, 4) is 0 Å². The van der Waals surface area contributed by atoms with Gasteiger partial charge in [0.15, 0.2) is 5.65 Å². The monoisotopic (exact) mass is 277 g/mol.